The van der Waals surface area contributed by atoms with Crippen LogP contribution in [0.25, 0.3) is 0 Å². The average Bonchev–Trinajstić information content (AvgIpc) is 2.80. The number of hydrogen-bond donors (Lipinski definition) is 1. The molecule has 2 aromatic carbocycles. The minimum absolute atomic E-state index is 0.00139. The first kappa shape index (κ1) is 25.0. The van der Waals surface area contributed by atoms with Gasteiger partial charge in [0, 0.05) is 38.0 Å². The summed E-state index contributed by atoms with van der Waals surface area (Å²) in [4.78, 5) is 40.7. The summed E-state index contributed by atoms with van der Waals surface area (Å²) in [5.74, 6) is -2.43. The van der Waals surface area contributed by atoms with Crippen LogP contribution in [-0.4, -0.2) is 65.5 Å². The first-order valence-corrected chi connectivity index (χ1v) is 11.8. The number of urea groups is 1. The van der Waals surface area contributed by atoms with Crippen LogP contribution in [0.5, 0.6) is 0 Å². The van der Waals surface area contributed by atoms with Crippen LogP contribution in [0, 0.1) is 16.0 Å². The van der Waals surface area contributed by atoms with Gasteiger partial charge in [-0.05, 0) is 31.0 Å². The van der Waals surface area contributed by atoms with Crippen LogP contribution in [0.15, 0.2) is 64.5 Å². The van der Waals surface area contributed by atoms with E-state index < -0.39 is 38.9 Å². The highest BCUT2D eigenvalue weighted by Crippen LogP contribution is 2.35. The van der Waals surface area contributed by atoms with Gasteiger partial charge in [-0.25, -0.2) is 22.5 Å². The van der Waals surface area contributed by atoms with Crippen molar-refractivity contribution in [3.05, 3.63) is 70.3 Å². The van der Waals surface area contributed by atoms with Crippen LogP contribution in [0.1, 0.15) is 24.9 Å². The normalized spacial score (nSPS) is 18.6. The molecule has 2 atom stereocenters. The third kappa shape index (κ3) is 5.13. The van der Waals surface area contributed by atoms with E-state index in [0.717, 1.165) is 4.31 Å². The number of hydrogen-bond acceptors (Lipinski definition) is 6. The molecule has 1 aliphatic rings. The molecule has 0 saturated carbocycles. The Kier molecular flexibility index (Phi) is 7.42. The Morgan fingerprint density at radius 1 is 1.21 bits per heavy atom. The molecule has 34 heavy (non-hydrogen) atoms. The van der Waals surface area contributed by atoms with Crippen LogP contribution >= 0.6 is 0 Å². The maximum atomic E-state index is 12.7. The smallest absolute Gasteiger partial charge is 0.344 e. The molecule has 0 fully saturated rings. The second-order valence-corrected chi connectivity index (χ2v) is 9.88. The molecule has 0 saturated heterocycles. The van der Waals surface area contributed by atoms with Crippen molar-refractivity contribution in [1.29, 1.82) is 0 Å². The van der Waals surface area contributed by atoms with E-state index in [2.05, 4.69) is 4.99 Å². The maximum absolute atomic E-state index is 12.7. The fourth-order valence-corrected chi connectivity index (χ4v) is 5.14. The fourth-order valence-electron chi connectivity index (χ4n) is 3.91. The lowest BCUT2D eigenvalue weighted by atomic mass is 9.86. The van der Waals surface area contributed by atoms with E-state index in [1.165, 1.54) is 55.3 Å². The third-order valence-corrected chi connectivity index (χ3v) is 7.50. The highest BCUT2D eigenvalue weighted by molar-refractivity contribution is 7.89. The van der Waals surface area contributed by atoms with Crippen molar-refractivity contribution < 1.29 is 28.0 Å². The number of nitro benzene ring substituents is 1. The van der Waals surface area contributed by atoms with E-state index in [4.69, 9.17) is 0 Å². The summed E-state index contributed by atoms with van der Waals surface area (Å²) in [6.45, 7) is 1.49. The number of aliphatic carboxylic acids is 1. The largest absolute Gasteiger partial charge is 0.481 e. The van der Waals surface area contributed by atoms with Crippen LogP contribution in [0.3, 0.4) is 0 Å². The van der Waals surface area contributed by atoms with Gasteiger partial charge < -0.3 is 10.0 Å². The van der Waals surface area contributed by atoms with Gasteiger partial charge in [0.2, 0.25) is 10.0 Å². The van der Waals surface area contributed by atoms with Gasteiger partial charge in [0.15, 0.2) is 0 Å². The monoisotopic (exact) mass is 488 g/mol. The Morgan fingerprint density at radius 3 is 2.50 bits per heavy atom. The molecule has 0 bridgehead atoms. The molecule has 0 aromatic heterocycles. The minimum atomic E-state index is -3.74. The number of aliphatic imine (C=N–C) groups is 1. The van der Waals surface area contributed by atoms with Gasteiger partial charge in [-0.15, -0.1) is 0 Å². The van der Waals surface area contributed by atoms with Crippen LogP contribution in [0.2, 0.25) is 0 Å². The Labute approximate surface area is 196 Å². The SMILES string of the molecule is CC1=NC(=O)N(CCCN(C)S(=O)(=O)c2ccccc2)C(c2cccc([N+](=O)[O-])c2)C1C(=O)O. The number of rotatable bonds is 9. The molecule has 0 spiro atoms. The minimum Gasteiger partial charge on any atom is -0.481 e. The first-order chi connectivity index (χ1) is 16.0. The Balaban J connectivity index is 1.86. The lowest BCUT2D eigenvalue weighted by Gasteiger charge is -2.38. The highest BCUT2D eigenvalue weighted by Gasteiger charge is 2.42. The molecule has 1 aliphatic heterocycles. The Hall–Kier alpha value is -3.64. The second-order valence-electron chi connectivity index (χ2n) is 7.84. The number of carbonyl (C=O) groups is 2. The molecular weight excluding hydrogens is 464 g/mol. The number of non-ortho nitro benzene ring substituents is 1. The Bertz CT molecular complexity index is 1230. The van der Waals surface area contributed by atoms with Gasteiger partial charge in [-0.3, -0.25) is 14.9 Å². The zero-order valence-electron chi connectivity index (χ0n) is 18.6. The standard InChI is InChI=1S/C22H24N4O7S/c1-15-19(21(27)28)20(16-8-6-9-17(14-16)26(30)31)25(22(29)23-15)13-7-12-24(2)34(32,33)18-10-4-3-5-11-18/h3-6,8-11,14,19-20H,7,12-13H2,1-2H3,(H,27,28). The van der Waals surface area contributed by atoms with E-state index in [1.54, 1.807) is 18.2 Å². The van der Waals surface area contributed by atoms with Gasteiger partial charge >= 0.3 is 12.0 Å². The summed E-state index contributed by atoms with van der Waals surface area (Å²) in [5, 5.41) is 21.1. The summed E-state index contributed by atoms with van der Waals surface area (Å²) in [5.41, 5.74) is 0.145. The van der Waals surface area contributed by atoms with E-state index in [1.807, 2.05) is 0 Å². The molecule has 0 radical (unpaired) electrons. The maximum Gasteiger partial charge on any atom is 0.344 e. The summed E-state index contributed by atoms with van der Waals surface area (Å²) in [7, 11) is -2.32. The Morgan fingerprint density at radius 2 is 1.88 bits per heavy atom. The number of benzene rings is 2. The molecule has 180 valence electrons. The number of carbonyl (C=O) groups excluding carboxylic acids is 1. The van der Waals surface area contributed by atoms with Crippen molar-refractivity contribution in [3.63, 3.8) is 0 Å². The van der Waals surface area contributed by atoms with Gasteiger partial charge in [-0.1, -0.05) is 30.3 Å². The highest BCUT2D eigenvalue weighted by atomic mass is 32.2. The molecule has 0 aliphatic carbocycles. The van der Waals surface area contributed by atoms with E-state index >= 15 is 0 Å². The van der Waals surface area contributed by atoms with Crippen molar-refractivity contribution in [2.75, 3.05) is 20.1 Å². The zero-order chi connectivity index (χ0) is 25.0. The zero-order valence-corrected chi connectivity index (χ0v) is 19.4. The number of carboxylic acids is 1. The summed E-state index contributed by atoms with van der Waals surface area (Å²) in [6.07, 6.45) is 0.195. The number of nitro groups is 1. The van der Waals surface area contributed by atoms with Crippen molar-refractivity contribution in [2.45, 2.75) is 24.3 Å². The van der Waals surface area contributed by atoms with Crippen LogP contribution in [-0.2, 0) is 14.8 Å². The summed E-state index contributed by atoms with van der Waals surface area (Å²) >= 11 is 0. The quantitative estimate of drug-likeness (QED) is 0.421. The fraction of sp³-hybridized carbons (Fsp3) is 0.318. The lowest BCUT2D eigenvalue weighted by molar-refractivity contribution is -0.385. The number of amides is 2. The lowest BCUT2D eigenvalue weighted by Crippen LogP contribution is -2.47. The molecule has 12 heteroatoms. The molecule has 11 nitrogen and oxygen atoms in total. The van der Waals surface area contributed by atoms with Crippen LogP contribution in [0.4, 0.5) is 10.5 Å². The van der Waals surface area contributed by atoms with Gasteiger partial charge in [0.05, 0.1) is 15.9 Å². The van der Waals surface area contributed by atoms with Gasteiger partial charge in [0.25, 0.3) is 5.69 Å². The molecule has 3 rings (SSSR count). The van der Waals surface area contributed by atoms with E-state index in [9.17, 15) is 33.2 Å². The van der Waals surface area contributed by atoms with E-state index in [0.29, 0.717) is 0 Å². The number of sulfonamides is 1. The number of nitrogens with zero attached hydrogens (tertiary/aromatic N) is 4. The van der Waals surface area contributed by atoms with Crippen molar-refractivity contribution in [1.82, 2.24) is 9.21 Å². The topological polar surface area (TPSA) is 150 Å². The van der Waals surface area contributed by atoms with Gasteiger partial charge in [-0.2, -0.15) is 0 Å². The predicted octanol–water partition coefficient (Wildman–Crippen LogP) is 2.94. The molecule has 2 aromatic rings. The van der Waals surface area contributed by atoms with Gasteiger partial charge in [0.1, 0.15) is 5.92 Å². The second kappa shape index (κ2) is 10.1. The predicted molar refractivity (Wildman–Crippen MR) is 123 cm³/mol. The number of carboxylic acid groups (broad SMARTS) is 1. The first-order valence-electron chi connectivity index (χ1n) is 10.4. The van der Waals surface area contributed by atoms with Crippen LogP contribution < -0.4 is 0 Å². The average molecular weight is 489 g/mol. The third-order valence-electron chi connectivity index (χ3n) is 5.63. The summed E-state index contributed by atoms with van der Waals surface area (Å²) in [6, 6.07) is 11.7. The summed E-state index contributed by atoms with van der Waals surface area (Å²) < 4.78 is 26.6. The van der Waals surface area contributed by atoms with E-state index in [-0.39, 0.29) is 41.4 Å². The molecule has 1 N–H and O–H groups in total. The molecular formula is C22H24N4O7S. The molecule has 1 heterocycles. The van der Waals surface area contributed by atoms with Crippen molar-refractivity contribution in [3.8, 4) is 0 Å². The molecule has 2 unspecified atom stereocenters. The van der Waals surface area contributed by atoms with Crippen molar-refractivity contribution >= 4 is 33.4 Å². The van der Waals surface area contributed by atoms with Crippen molar-refractivity contribution in [2.24, 2.45) is 10.9 Å². The molecule has 2 amide bonds.